The van der Waals surface area contributed by atoms with Gasteiger partial charge in [-0.3, -0.25) is 9.32 Å². The van der Waals surface area contributed by atoms with Crippen LogP contribution in [0.1, 0.15) is 45.4 Å². The van der Waals surface area contributed by atoms with Crippen molar-refractivity contribution in [3.05, 3.63) is 54.5 Å². The standard InChI is InChI=1S/C26H35N6O8P/c1-5-18(6-2)39-25(35)17(3)31-41(36,40-19-10-8-7-9-11-19)38-15-26(14-27,37-4)23(34)22(33)20-12-13-21-24(28)29-16-30-32(20)21/h7-13,16-18,22-23,33-34H,5-6,15H2,1-4H3,(H,31,36)(H2,28,29,30)/t17-,22-,23-,26+,41?/m0/s1. The summed E-state index contributed by atoms with van der Waals surface area (Å²) in [5.74, 6) is -0.410. The number of carbonyl (C=O) groups is 1. The molecule has 41 heavy (non-hydrogen) atoms. The lowest BCUT2D eigenvalue weighted by atomic mass is 9.93. The van der Waals surface area contributed by atoms with Gasteiger partial charge in [0.05, 0.1) is 5.69 Å². The van der Waals surface area contributed by atoms with Crippen molar-refractivity contribution in [1.82, 2.24) is 19.7 Å². The number of nitrogens with one attached hydrogen (secondary N) is 1. The molecule has 0 bridgehead atoms. The summed E-state index contributed by atoms with van der Waals surface area (Å²) in [6, 6.07) is 11.7. The van der Waals surface area contributed by atoms with Gasteiger partial charge in [0.2, 0.25) is 5.60 Å². The Balaban J connectivity index is 1.87. The number of anilines is 1. The van der Waals surface area contributed by atoms with Gasteiger partial charge in [0.1, 0.15) is 54.6 Å². The van der Waals surface area contributed by atoms with Gasteiger partial charge in [-0.15, -0.1) is 0 Å². The lowest BCUT2D eigenvalue weighted by Gasteiger charge is -2.34. The van der Waals surface area contributed by atoms with Crippen molar-refractivity contribution in [2.24, 2.45) is 0 Å². The lowest BCUT2D eigenvalue weighted by molar-refractivity contribution is -0.151. The number of nitrogens with two attached hydrogens (primary N) is 1. The summed E-state index contributed by atoms with van der Waals surface area (Å²) >= 11 is 0. The Labute approximate surface area is 237 Å². The fourth-order valence-electron chi connectivity index (χ4n) is 3.93. The highest BCUT2D eigenvalue weighted by atomic mass is 31.2. The topological polar surface area (TPSA) is 204 Å². The third kappa shape index (κ3) is 7.39. The van der Waals surface area contributed by atoms with E-state index in [1.807, 2.05) is 13.8 Å². The molecule has 222 valence electrons. The van der Waals surface area contributed by atoms with E-state index in [9.17, 15) is 24.8 Å². The fourth-order valence-corrected chi connectivity index (χ4v) is 5.45. The number of benzene rings is 1. The molecule has 0 aliphatic rings. The number of fused-ring (bicyclic) bond motifs is 1. The summed E-state index contributed by atoms with van der Waals surface area (Å²) in [6.45, 7) is 4.32. The van der Waals surface area contributed by atoms with Crippen LogP contribution in [0.15, 0.2) is 48.8 Å². The SMILES string of the molecule is CCC(CC)OC(=O)[C@H](C)NP(=O)(OC[C@@](C#N)(OC)[C@@H](O)[C@@H](O)c1ccc2c(N)ncnn12)Oc1ccccc1. The van der Waals surface area contributed by atoms with Crippen LogP contribution in [0, 0.1) is 11.3 Å². The fraction of sp³-hybridized carbons (Fsp3) is 0.462. The average molecular weight is 591 g/mol. The van der Waals surface area contributed by atoms with Crippen LogP contribution in [0.3, 0.4) is 0 Å². The predicted octanol–water partition coefficient (Wildman–Crippen LogP) is 2.53. The Kier molecular flexibility index (Phi) is 10.8. The van der Waals surface area contributed by atoms with Crippen LogP contribution in [0.4, 0.5) is 5.82 Å². The number of nitriles is 1. The molecule has 0 saturated heterocycles. The van der Waals surface area contributed by atoms with Crippen molar-refractivity contribution in [1.29, 1.82) is 5.26 Å². The van der Waals surface area contributed by atoms with Gasteiger partial charge >= 0.3 is 13.7 Å². The van der Waals surface area contributed by atoms with E-state index in [0.29, 0.717) is 18.4 Å². The van der Waals surface area contributed by atoms with Crippen molar-refractivity contribution < 1.29 is 38.1 Å². The monoisotopic (exact) mass is 590 g/mol. The number of hydrogen-bond acceptors (Lipinski definition) is 12. The van der Waals surface area contributed by atoms with Crippen molar-refractivity contribution in [2.75, 3.05) is 19.5 Å². The molecule has 14 nitrogen and oxygen atoms in total. The first-order valence-electron chi connectivity index (χ1n) is 12.9. The number of rotatable bonds is 15. The van der Waals surface area contributed by atoms with E-state index in [2.05, 4.69) is 15.2 Å². The molecule has 0 aliphatic heterocycles. The van der Waals surface area contributed by atoms with Gasteiger partial charge in [0.25, 0.3) is 0 Å². The van der Waals surface area contributed by atoms with E-state index >= 15 is 0 Å². The third-order valence-corrected chi connectivity index (χ3v) is 8.08. The lowest BCUT2D eigenvalue weighted by Crippen LogP contribution is -2.50. The molecule has 2 heterocycles. The van der Waals surface area contributed by atoms with E-state index in [0.717, 1.165) is 7.11 Å². The number of aliphatic hydroxyl groups excluding tert-OH is 2. The van der Waals surface area contributed by atoms with Gasteiger partial charge in [0.15, 0.2) is 5.82 Å². The molecule has 1 aromatic carbocycles. The maximum Gasteiger partial charge on any atom is 0.459 e. The second-order valence-electron chi connectivity index (χ2n) is 9.20. The molecule has 3 aromatic rings. The Morgan fingerprint density at radius 1 is 1.22 bits per heavy atom. The van der Waals surface area contributed by atoms with Gasteiger partial charge in [-0.2, -0.15) is 15.4 Å². The van der Waals surface area contributed by atoms with E-state index in [1.165, 1.54) is 42.0 Å². The van der Waals surface area contributed by atoms with Crippen LogP contribution < -0.4 is 15.3 Å². The summed E-state index contributed by atoms with van der Waals surface area (Å²) in [6.07, 6.45) is -1.64. The second kappa shape index (κ2) is 13.9. The third-order valence-electron chi connectivity index (χ3n) is 6.46. The van der Waals surface area contributed by atoms with Crippen molar-refractivity contribution in [3.8, 4) is 11.8 Å². The first-order valence-corrected chi connectivity index (χ1v) is 14.5. The van der Waals surface area contributed by atoms with Crippen LogP contribution in [-0.2, 0) is 23.4 Å². The number of hydrogen-bond donors (Lipinski definition) is 4. The average Bonchev–Trinajstić information content (AvgIpc) is 3.42. The highest BCUT2D eigenvalue weighted by molar-refractivity contribution is 7.52. The summed E-state index contributed by atoms with van der Waals surface area (Å²) in [4.78, 5) is 16.6. The number of esters is 1. The molecule has 0 radical (unpaired) electrons. The number of ether oxygens (including phenoxy) is 2. The zero-order valence-electron chi connectivity index (χ0n) is 23.2. The number of nitrogen functional groups attached to an aromatic ring is 1. The smallest absolute Gasteiger partial charge is 0.459 e. The van der Waals surface area contributed by atoms with Crippen LogP contribution >= 0.6 is 7.75 Å². The maximum atomic E-state index is 13.9. The molecule has 0 aliphatic carbocycles. The zero-order chi connectivity index (χ0) is 30.2. The van der Waals surface area contributed by atoms with Gasteiger partial charge in [-0.25, -0.2) is 14.1 Å². The highest BCUT2D eigenvalue weighted by Crippen LogP contribution is 2.46. The number of aliphatic hydroxyl groups is 2. The first kappa shape index (κ1) is 32.0. The Hall–Kier alpha value is -3.57. The molecule has 3 rings (SSSR count). The molecule has 0 saturated carbocycles. The minimum absolute atomic E-state index is 0.0814. The normalized spacial score (nSPS) is 16.7. The minimum atomic E-state index is -4.43. The number of aromatic nitrogens is 3. The van der Waals surface area contributed by atoms with Gasteiger partial charge in [-0.1, -0.05) is 32.0 Å². The Morgan fingerprint density at radius 2 is 1.90 bits per heavy atom. The molecule has 1 unspecified atom stereocenters. The Morgan fingerprint density at radius 3 is 2.51 bits per heavy atom. The van der Waals surface area contributed by atoms with Crippen molar-refractivity contribution >= 4 is 25.1 Å². The molecule has 5 N–H and O–H groups in total. The highest BCUT2D eigenvalue weighted by Gasteiger charge is 2.47. The predicted molar refractivity (Wildman–Crippen MR) is 147 cm³/mol. The van der Waals surface area contributed by atoms with Gasteiger partial charge in [-0.05, 0) is 44.0 Å². The van der Waals surface area contributed by atoms with E-state index in [1.54, 1.807) is 24.3 Å². The van der Waals surface area contributed by atoms with E-state index in [-0.39, 0.29) is 23.4 Å². The van der Waals surface area contributed by atoms with Crippen molar-refractivity contribution in [2.45, 2.75) is 63.6 Å². The molecular weight excluding hydrogens is 555 g/mol. The molecule has 0 fully saturated rings. The van der Waals surface area contributed by atoms with Crippen LogP contribution in [0.5, 0.6) is 5.75 Å². The first-order chi connectivity index (χ1) is 19.5. The Bertz CT molecular complexity index is 1400. The minimum Gasteiger partial charge on any atom is -0.461 e. The zero-order valence-corrected chi connectivity index (χ0v) is 24.1. The van der Waals surface area contributed by atoms with Crippen LogP contribution in [-0.4, -0.2) is 68.3 Å². The molecular formula is C26H35N6O8P. The van der Waals surface area contributed by atoms with Gasteiger partial charge < -0.3 is 29.9 Å². The molecule has 0 spiro atoms. The summed E-state index contributed by atoms with van der Waals surface area (Å²) < 4.78 is 37.2. The number of para-hydroxylation sites is 1. The molecule has 2 aromatic heterocycles. The summed E-state index contributed by atoms with van der Waals surface area (Å²) in [7, 11) is -3.31. The summed E-state index contributed by atoms with van der Waals surface area (Å²) in [5, 5.41) is 38.8. The maximum absolute atomic E-state index is 13.9. The largest absolute Gasteiger partial charge is 0.461 e. The quantitative estimate of drug-likeness (QED) is 0.149. The van der Waals surface area contributed by atoms with Crippen LogP contribution in [0.25, 0.3) is 5.52 Å². The van der Waals surface area contributed by atoms with Gasteiger partial charge in [0, 0.05) is 7.11 Å². The molecule has 15 heteroatoms. The molecule has 0 amide bonds. The summed E-state index contributed by atoms with van der Waals surface area (Å²) in [5.41, 5.74) is 4.04. The second-order valence-corrected chi connectivity index (χ2v) is 10.9. The van der Waals surface area contributed by atoms with Crippen molar-refractivity contribution in [3.63, 3.8) is 0 Å². The molecule has 5 atom stereocenters. The number of methoxy groups -OCH3 is 1. The van der Waals surface area contributed by atoms with E-state index < -0.39 is 44.2 Å². The van der Waals surface area contributed by atoms with Crippen LogP contribution in [0.2, 0.25) is 0 Å². The van der Waals surface area contributed by atoms with E-state index in [4.69, 9.17) is 24.3 Å². The number of nitrogens with zero attached hydrogens (tertiary/aromatic N) is 4. The number of carbonyl (C=O) groups excluding carboxylic acids is 1.